The first-order chi connectivity index (χ1) is 7.40. The topological polar surface area (TPSA) is 29.1 Å². The zero-order valence-corrected chi connectivity index (χ0v) is 9.17. The number of amides is 1. The maximum absolute atomic E-state index is 10.6. The van der Waals surface area contributed by atoms with E-state index in [1.54, 1.807) is 11.1 Å². The van der Waals surface area contributed by atoms with Crippen molar-refractivity contribution in [1.29, 1.82) is 0 Å². The van der Waals surface area contributed by atoms with Crippen LogP contribution in [0.2, 0.25) is 0 Å². The van der Waals surface area contributed by atoms with Gasteiger partial charge < -0.3 is 5.32 Å². The maximum Gasteiger partial charge on any atom is 0.207 e. The minimum atomic E-state index is 0.472. The molecule has 0 saturated heterocycles. The third kappa shape index (κ3) is 1.42. The molecule has 0 radical (unpaired) electrons. The van der Waals surface area contributed by atoms with Crippen LogP contribution in [0.1, 0.15) is 44.9 Å². The number of hydrogen-bond donors (Lipinski definition) is 1. The van der Waals surface area contributed by atoms with E-state index in [0.29, 0.717) is 12.0 Å². The fourth-order valence-corrected chi connectivity index (χ4v) is 4.02. The highest BCUT2D eigenvalue weighted by molar-refractivity contribution is 5.48. The predicted octanol–water partition coefficient (Wildman–Crippen LogP) is 2.40. The van der Waals surface area contributed by atoms with Crippen molar-refractivity contribution in [2.75, 3.05) is 0 Å². The summed E-state index contributed by atoms with van der Waals surface area (Å²) >= 11 is 0. The molecule has 82 valence electrons. The van der Waals surface area contributed by atoms with E-state index in [0.717, 1.165) is 12.3 Å². The van der Waals surface area contributed by atoms with Gasteiger partial charge in [-0.05, 0) is 50.9 Å². The van der Waals surface area contributed by atoms with Crippen LogP contribution in [0, 0.1) is 11.8 Å². The van der Waals surface area contributed by atoms with Gasteiger partial charge in [-0.15, -0.1) is 0 Å². The van der Waals surface area contributed by atoms with Crippen LogP contribution in [0.4, 0.5) is 0 Å². The first-order valence-corrected chi connectivity index (χ1v) is 6.30. The Morgan fingerprint density at radius 1 is 1.20 bits per heavy atom. The molecule has 3 unspecified atom stereocenters. The summed E-state index contributed by atoms with van der Waals surface area (Å²) in [6.45, 7) is 0. The Morgan fingerprint density at radius 3 is 2.93 bits per heavy atom. The molecule has 3 rings (SSSR count). The second-order valence-electron chi connectivity index (χ2n) is 5.29. The first kappa shape index (κ1) is 9.44. The van der Waals surface area contributed by atoms with Gasteiger partial charge in [-0.3, -0.25) is 4.79 Å². The molecule has 0 aromatic heterocycles. The number of hydrogen-bond acceptors (Lipinski definition) is 1. The average molecular weight is 205 g/mol. The van der Waals surface area contributed by atoms with Crippen molar-refractivity contribution in [2.24, 2.45) is 11.8 Å². The van der Waals surface area contributed by atoms with Crippen LogP contribution in [0.15, 0.2) is 11.1 Å². The SMILES string of the molecule is O=CNC1C2CCC1C1=C(CCCC1)C2. The van der Waals surface area contributed by atoms with Gasteiger partial charge in [0.2, 0.25) is 6.41 Å². The highest BCUT2D eigenvalue weighted by Crippen LogP contribution is 2.49. The molecule has 0 aromatic carbocycles. The molecule has 0 aromatic rings. The van der Waals surface area contributed by atoms with Gasteiger partial charge in [-0.2, -0.15) is 0 Å². The van der Waals surface area contributed by atoms with Gasteiger partial charge in [0, 0.05) is 12.0 Å². The van der Waals surface area contributed by atoms with Crippen LogP contribution in [0.5, 0.6) is 0 Å². The van der Waals surface area contributed by atoms with E-state index >= 15 is 0 Å². The van der Waals surface area contributed by atoms with Gasteiger partial charge in [0.15, 0.2) is 0 Å². The summed E-state index contributed by atoms with van der Waals surface area (Å²) < 4.78 is 0. The molecule has 15 heavy (non-hydrogen) atoms. The highest BCUT2D eigenvalue weighted by Gasteiger charge is 2.42. The molecule has 1 fully saturated rings. The zero-order valence-electron chi connectivity index (χ0n) is 9.17. The van der Waals surface area contributed by atoms with Crippen LogP contribution in [-0.2, 0) is 4.79 Å². The van der Waals surface area contributed by atoms with Crippen LogP contribution in [0.25, 0.3) is 0 Å². The lowest BCUT2D eigenvalue weighted by Crippen LogP contribution is -2.40. The monoisotopic (exact) mass is 205 g/mol. The van der Waals surface area contributed by atoms with E-state index in [4.69, 9.17) is 0 Å². The Hall–Kier alpha value is -0.790. The van der Waals surface area contributed by atoms with Gasteiger partial charge in [0.1, 0.15) is 0 Å². The van der Waals surface area contributed by atoms with E-state index in [9.17, 15) is 4.79 Å². The van der Waals surface area contributed by atoms with Crippen molar-refractivity contribution >= 4 is 6.41 Å². The van der Waals surface area contributed by atoms with Gasteiger partial charge in [-0.1, -0.05) is 11.1 Å². The van der Waals surface area contributed by atoms with Crippen molar-refractivity contribution < 1.29 is 4.79 Å². The summed E-state index contributed by atoms with van der Waals surface area (Å²) in [6, 6.07) is 0.472. The van der Waals surface area contributed by atoms with Crippen LogP contribution >= 0.6 is 0 Å². The van der Waals surface area contributed by atoms with Gasteiger partial charge in [0.05, 0.1) is 0 Å². The van der Waals surface area contributed by atoms with Gasteiger partial charge >= 0.3 is 0 Å². The smallest absolute Gasteiger partial charge is 0.207 e. The standard InChI is InChI=1S/C13H19NO/c15-8-14-13-10-5-6-12(13)11-4-2-1-3-9(11)7-10/h8,10,12-13H,1-7H2,(H,14,15). The fourth-order valence-electron chi connectivity index (χ4n) is 4.02. The molecule has 0 heterocycles. The van der Waals surface area contributed by atoms with E-state index in [1.807, 2.05) is 0 Å². The molecule has 0 aliphatic heterocycles. The number of rotatable bonds is 2. The van der Waals surface area contributed by atoms with Gasteiger partial charge in [-0.25, -0.2) is 0 Å². The Bertz CT molecular complexity index is 308. The van der Waals surface area contributed by atoms with Crippen LogP contribution < -0.4 is 5.32 Å². The van der Waals surface area contributed by atoms with Crippen molar-refractivity contribution in [3.8, 4) is 0 Å². The van der Waals surface area contributed by atoms with Crippen molar-refractivity contribution in [2.45, 2.75) is 51.0 Å². The average Bonchev–Trinajstić information content (AvgIpc) is 2.56. The van der Waals surface area contributed by atoms with E-state index in [1.165, 1.54) is 44.9 Å². The first-order valence-electron chi connectivity index (χ1n) is 6.30. The zero-order chi connectivity index (χ0) is 10.3. The number of carbonyl (C=O) groups is 1. The minimum Gasteiger partial charge on any atom is -0.355 e. The number of fused-ring (bicyclic) bond motifs is 3. The molecule has 2 bridgehead atoms. The largest absolute Gasteiger partial charge is 0.355 e. The number of carbonyl (C=O) groups excluding carboxylic acids is 1. The molecule has 1 N–H and O–H groups in total. The normalized spacial score (nSPS) is 38.8. The Balaban J connectivity index is 1.89. The summed E-state index contributed by atoms with van der Waals surface area (Å²) in [7, 11) is 0. The lowest BCUT2D eigenvalue weighted by Gasteiger charge is -2.36. The van der Waals surface area contributed by atoms with Crippen LogP contribution in [-0.4, -0.2) is 12.5 Å². The summed E-state index contributed by atoms with van der Waals surface area (Å²) in [4.78, 5) is 10.6. The molecule has 1 saturated carbocycles. The molecule has 3 atom stereocenters. The quantitative estimate of drug-likeness (QED) is 0.544. The summed E-state index contributed by atoms with van der Waals surface area (Å²) in [5.41, 5.74) is 3.49. The number of allylic oxidation sites excluding steroid dienone is 1. The van der Waals surface area contributed by atoms with E-state index in [-0.39, 0.29) is 0 Å². The van der Waals surface area contributed by atoms with Gasteiger partial charge in [0.25, 0.3) is 0 Å². The summed E-state index contributed by atoms with van der Waals surface area (Å²) in [5, 5.41) is 3.06. The molecule has 0 spiro atoms. The Kier molecular flexibility index (Phi) is 2.30. The molecule has 3 aliphatic rings. The predicted molar refractivity (Wildman–Crippen MR) is 59.3 cm³/mol. The minimum absolute atomic E-state index is 0.472. The lowest BCUT2D eigenvalue weighted by atomic mass is 9.73. The fraction of sp³-hybridized carbons (Fsp3) is 0.769. The van der Waals surface area contributed by atoms with Crippen molar-refractivity contribution in [1.82, 2.24) is 5.32 Å². The molecular formula is C13H19NO. The second-order valence-corrected chi connectivity index (χ2v) is 5.29. The Labute approximate surface area is 91.1 Å². The molecule has 2 nitrogen and oxygen atoms in total. The van der Waals surface area contributed by atoms with Crippen LogP contribution in [0.3, 0.4) is 0 Å². The summed E-state index contributed by atoms with van der Waals surface area (Å²) in [5.74, 6) is 1.45. The summed E-state index contributed by atoms with van der Waals surface area (Å²) in [6.07, 6.45) is 10.2. The van der Waals surface area contributed by atoms with Crippen molar-refractivity contribution in [3.05, 3.63) is 11.1 Å². The van der Waals surface area contributed by atoms with Crippen molar-refractivity contribution in [3.63, 3.8) is 0 Å². The molecule has 1 amide bonds. The third-order valence-corrected chi connectivity index (χ3v) is 4.64. The van der Waals surface area contributed by atoms with E-state index in [2.05, 4.69) is 5.32 Å². The maximum atomic E-state index is 10.6. The highest BCUT2D eigenvalue weighted by atomic mass is 16.1. The number of nitrogens with one attached hydrogen (secondary N) is 1. The van der Waals surface area contributed by atoms with E-state index < -0.39 is 0 Å². The lowest BCUT2D eigenvalue weighted by molar-refractivity contribution is -0.110. The third-order valence-electron chi connectivity index (χ3n) is 4.64. The second kappa shape index (κ2) is 3.66. The molecule has 3 aliphatic carbocycles. The Morgan fingerprint density at radius 2 is 2.07 bits per heavy atom. The molecular weight excluding hydrogens is 186 g/mol. The molecule has 2 heteroatoms.